The lowest BCUT2D eigenvalue weighted by atomic mass is 10.0. The van der Waals surface area contributed by atoms with Crippen molar-refractivity contribution in [2.24, 2.45) is 0 Å². The van der Waals surface area contributed by atoms with E-state index in [1.807, 2.05) is 0 Å². The van der Waals surface area contributed by atoms with Crippen LogP contribution in [0.25, 0.3) is 11.1 Å². The van der Waals surface area contributed by atoms with Crippen LogP contribution in [0, 0.1) is 5.82 Å². The van der Waals surface area contributed by atoms with Crippen molar-refractivity contribution >= 4 is 16.9 Å². The van der Waals surface area contributed by atoms with E-state index >= 15 is 0 Å². The van der Waals surface area contributed by atoms with E-state index in [0.29, 0.717) is 18.5 Å². The molecule has 0 unspecified atom stereocenters. The number of ketones is 1. The summed E-state index contributed by atoms with van der Waals surface area (Å²) in [5, 5.41) is 10.3. The summed E-state index contributed by atoms with van der Waals surface area (Å²) in [6, 6.07) is 11.8. The highest BCUT2D eigenvalue weighted by molar-refractivity contribution is 6.12. The summed E-state index contributed by atoms with van der Waals surface area (Å²) in [7, 11) is 0. The fourth-order valence-corrected chi connectivity index (χ4v) is 3.00. The monoisotopic (exact) mass is 378 g/mol. The Morgan fingerprint density at radius 2 is 1.89 bits per heavy atom. The van der Waals surface area contributed by atoms with E-state index in [9.17, 15) is 19.1 Å². The molecule has 0 aliphatic heterocycles. The predicted octanol–water partition coefficient (Wildman–Crippen LogP) is 3.31. The summed E-state index contributed by atoms with van der Waals surface area (Å²) in [4.78, 5) is 28.9. The summed E-state index contributed by atoms with van der Waals surface area (Å²) < 4.78 is 19.5. The van der Waals surface area contributed by atoms with Gasteiger partial charge in [-0.3, -0.25) is 9.59 Å². The van der Waals surface area contributed by atoms with Gasteiger partial charge in [0.2, 0.25) is 0 Å². The van der Waals surface area contributed by atoms with Gasteiger partial charge in [0.05, 0.1) is 5.56 Å². The number of oxazole rings is 1. The largest absolute Gasteiger partial charge is 0.505 e. The number of hydrogen-bond acceptors (Lipinski definition) is 5. The average Bonchev–Trinajstić information content (AvgIpc) is 3.18. The van der Waals surface area contributed by atoms with Gasteiger partial charge >= 0.3 is 0 Å². The van der Waals surface area contributed by atoms with Gasteiger partial charge in [-0.1, -0.05) is 12.1 Å². The molecular weight excluding hydrogens is 363 g/mol. The van der Waals surface area contributed by atoms with Gasteiger partial charge in [-0.05, 0) is 42.3 Å². The van der Waals surface area contributed by atoms with Gasteiger partial charge in [-0.15, -0.1) is 0 Å². The summed E-state index contributed by atoms with van der Waals surface area (Å²) in [6.07, 6.45) is 3.16. The van der Waals surface area contributed by atoms with Gasteiger partial charge < -0.3 is 14.1 Å². The van der Waals surface area contributed by atoms with E-state index in [0.717, 1.165) is 5.56 Å². The molecule has 1 N–H and O–H groups in total. The molecule has 0 spiro atoms. The van der Waals surface area contributed by atoms with Crippen LogP contribution in [0.2, 0.25) is 0 Å². The molecule has 0 amide bonds. The summed E-state index contributed by atoms with van der Waals surface area (Å²) in [5.41, 5.74) is 1.53. The topological polar surface area (TPSA) is 85.3 Å². The number of benzene rings is 2. The molecule has 0 atom stereocenters. The number of nitrogens with zero attached hydrogens (tertiary/aromatic N) is 2. The van der Waals surface area contributed by atoms with Gasteiger partial charge in [0.25, 0.3) is 5.56 Å². The van der Waals surface area contributed by atoms with Crippen LogP contribution in [0.3, 0.4) is 0 Å². The van der Waals surface area contributed by atoms with E-state index in [4.69, 9.17) is 4.42 Å². The fourth-order valence-electron chi connectivity index (χ4n) is 3.00. The normalized spacial score (nSPS) is 11.0. The Bertz CT molecular complexity index is 1230. The Morgan fingerprint density at radius 3 is 2.68 bits per heavy atom. The van der Waals surface area contributed by atoms with E-state index in [2.05, 4.69) is 4.98 Å². The number of pyridine rings is 1. The molecule has 0 radical (unpaired) electrons. The Balaban J connectivity index is 1.61. The standard InChI is InChI=1S/C21H15FN2O4/c22-15-4-1-13(2-5-15)9-10-24-11-14(3-8-18(24)25)20(26)16-6-7-17-19(21(16)27)23-12-28-17/h1-8,11-12,27H,9-10H2. The lowest BCUT2D eigenvalue weighted by Gasteiger charge is -2.09. The number of fused-ring (bicyclic) bond motifs is 1. The van der Waals surface area contributed by atoms with Crippen molar-refractivity contribution in [2.75, 3.05) is 0 Å². The second-order valence-electron chi connectivity index (χ2n) is 6.32. The lowest BCUT2D eigenvalue weighted by Crippen LogP contribution is -2.21. The minimum absolute atomic E-state index is 0.0742. The summed E-state index contributed by atoms with van der Waals surface area (Å²) in [5.74, 6) is -1.02. The van der Waals surface area contributed by atoms with Crippen molar-refractivity contribution in [2.45, 2.75) is 13.0 Å². The molecule has 2 aromatic heterocycles. The van der Waals surface area contributed by atoms with E-state index in [1.54, 1.807) is 18.2 Å². The quantitative estimate of drug-likeness (QED) is 0.539. The number of rotatable bonds is 5. The van der Waals surface area contributed by atoms with Crippen LogP contribution in [-0.4, -0.2) is 20.4 Å². The Kier molecular flexibility index (Phi) is 4.49. The van der Waals surface area contributed by atoms with Gasteiger partial charge in [-0.2, -0.15) is 0 Å². The van der Waals surface area contributed by atoms with Crippen molar-refractivity contribution in [3.8, 4) is 5.75 Å². The molecule has 0 saturated carbocycles. The van der Waals surface area contributed by atoms with Gasteiger partial charge in [-0.25, -0.2) is 9.37 Å². The van der Waals surface area contributed by atoms with Crippen molar-refractivity contribution in [1.82, 2.24) is 9.55 Å². The van der Waals surface area contributed by atoms with Crippen LogP contribution < -0.4 is 5.56 Å². The Hall–Kier alpha value is -3.74. The summed E-state index contributed by atoms with van der Waals surface area (Å²) in [6.45, 7) is 0.333. The zero-order valence-electron chi connectivity index (χ0n) is 14.6. The summed E-state index contributed by atoms with van der Waals surface area (Å²) >= 11 is 0. The van der Waals surface area contributed by atoms with Crippen LogP contribution in [-0.2, 0) is 13.0 Å². The van der Waals surface area contributed by atoms with Crippen molar-refractivity contribution in [1.29, 1.82) is 0 Å². The van der Waals surface area contributed by atoms with E-state index in [1.165, 1.54) is 47.5 Å². The van der Waals surface area contributed by atoms with Crippen molar-refractivity contribution < 1.29 is 18.7 Å². The number of aromatic hydroxyl groups is 1. The van der Waals surface area contributed by atoms with Gasteiger partial charge in [0, 0.05) is 24.4 Å². The van der Waals surface area contributed by atoms with Crippen LogP contribution in [0.5, 0.6) is 5.75 Å². The first-order chi connectivity index (χ1) is 13.5. The zero-order chi connectivity index (χ0) is 19.7. The zero-order valence-corrected chi connectivity index (χ0v) is 14.6. The van der Waals surface area contributed by atoms with Crippen LogP contribution in [0.1, 0.15) is 21.5 Å². The molecule has 0 saturated heterocycles. The SMILES string of the molecule is O=C(c1ccc(=O)n(CCc2ccc(F)cc2)c1)c1ccc2ocnc2c1O. The Labute approximate surface area is 158 Å². The molecule has 6 nitrogen and oxygen atoms in total. The highest BCUT2D eigenvalue weighted by atomic mass is 19.1. The third-order valence-electron chi connectivity index (χ3n) is 4.52. The highest BCUT2D eigenvalue weighted by Crippen LogP contribution is 2.29. The number of carbonyl (C=O) groups excluding carboxylic acids is 1. The van der Waals surface area contributed by atoms with Crippen molar-refractivity contribution in [3.05, 3.63) is 94.0 Å². The second kappa shape index (κ2) is 7.11. The number of hydrogen-bond donors (Lipinski definition) is 1. The molecule has 2 aromatic carbocycles. The Morgan fingerprint density at radius 1 is 1.11 bits per heavy atom. The number of aromatic nitrogens is 2. The van der Waals surface area contributed by atoms with Gasteiger partial charge in [0.15, 0.2) is 29.0 Å². The van der Waals surface area contributed by atoms with Crippen molar-refractivity contribution in [3.63, 3.8) is 0 Å². The molecule has 4 aromatic rings. The van der Waals surface area contributed by atoms with Crippen LogP contribution >= 0.6 is 0 Å². The average molecular weight is 378 g/mol. The molecule has 28 heavy (non-hydrogen) atoms. The van der Waals surface area contributed by atoms with E-state index in [-0.39, 0.29) is 33.8 Å². The minimum Gasteiger partial charge on any atom is -0.505 e. The predicted molar refractivity (Wildman–Crippen MR) is 99.9 cm³/mol. The maximum atomic E-state index is 13.0. The molecule has 7 heteroatoms. The smallest absolute Gasteiger partial charge is 0.250 e. The highest BCUT2D eigenvalue weighted by Gasteiger charge is 2.18. The molecule has 140 valence electrons. The molecule has 0 aliphatic rings. The maximum Gasteiger partial charge on any atom is 0.250 e. The number of phenols is 1. The molecular formula is C21H15FN2O4. The first kappa shape index (κ1) is 17.7. The third-order valence-corrected chi connectivity index (χ3v) is 4.52. The van der Waals surface area contributed by atoms with Crippen LogP contribution in [0.4, 0.5) is 4.39 Å². The second-order valence-corrected chi connectivity index (χ2v) is 6.32. The van der Waals surface area contributed by atoms with Crippen LogP contribution in [0.15, 0.2) is 70.3 Å². The maximum absolute atomic E-state index is 13.0. The van der Waals surface area contributed by atoms with E-state index < -0.39 is 5.78 Å². The molecule has 0 fully saturated rings. The number of halogens is 1. The fraction of sp³-hybridized carbons (Fsp3) is 0.0952. The molecule has 0 aliphatic carbocycles. The first-order valence-electron chi connectivity index (χ1n) is 8.58. The molecule has 4 rings (SSSR count). The third kappa shape index (κ3) is 3.29. The molecule has 0 bridgehead atoms. The first-order valence-corrected chi connectivity index (χ1v) is 8.58. The number of phenolic OH excluding ortho intramolecular Hbond substituents is 1. The minimum atomic E-state index is -0.432. The molecule has 2 heterocycles. The lowest BCUT2D eigenvalue weighted by molar-refractivity contribution is 0.103. The number of carbonyl (C=O) groups is 1. The number of aryl methyl sites for hydroxylation is 2. The van der Waals surface area contributed by atoms with Gasteiger partial charge in [0.1, 0.15) is 5.82 Å².